The Morgan fingerprint density at radius 3 is 2.19 bits per heavy atom. The highest BCUT2D eigenvalue weighted by Crippen LogP contribution is 2.21. The monoisotopic (exact) mass is 311 g/mol. The zero-order valence-electron chi connectivity index (χ0n) is 10.1. The molecule has 2 rings (SSSR count). The number of nitrogens with one attached hydrogen (secondary N) is 2. The lowest BCUT2D eigenvalue weighted by atomic mass is 10.3. The average molecular weight is 311 g/mol. The third-order valence-corrected chi connectivity index (χ3v) is 3.14. The van der Waals surface area contributed by atoms with Crippen LogP contribution in [0.1, 0.15) is 0 Å². The Labute approximate surface area is 116 Å². The first-order valence-corrected chi connectivity index (χ1v) is 6.71. The molecule has 11 heteroatoms. The van der Waals surface area contributed by atoms with Gasteiger partial charge in [-0.25, -0.2) is 13.2 Å². The predicted octanol–water partition coefficient (Wildman–Crippen LogP) is 0.0883. The molecule has 2 aromatic rings. The van der Waals surface area contributed by atoms with E-state index in [0.29, 0.717) is 0 Å². The molecule has 110 valence electrons. The molecule has 1 aromatic carbocycles. The van der Waals surface area contributed by atoms with E-state index in [-0.39, 0.29) is 5.69 Å². The third-order valence-electron chi connectivity index (χ3n) is 2.29. The lowest BCUT2D eigenvalue weighted by Crippen LogP contribution is -2.20. The van der Waals surface area contributed by atoms with Gasteiger partial charge in [0, 0.05) is 0 Å². The number of aromatic nitrogens is 2. The molecule has 0 atom stereocenters. The zero-order chi connectivity index (χ0) is 15.6. The van der Waals surface area contributed by atoms with E-state index in [1.165, 1.54) is 12.1 Å². The topological polar surface area (TPSA) is 168 Å². The van der Waals surface area contributed by atoms with Crippen LogP contribution >= 0.6 is 0 Å². The number of benzene rings is 1. The van der Waals surface area contributed by atoms with E-state index in [1.54, 1.807) is 0 Å². The van der Waals surface area contributed by atoms with E-state index < -0.39 is 37.8 Å². The van der Waals surface area contributed by atoms with Crippen molar-refractivity contribution in [1.82, 2.24) is 9.97 Å². The van der Waals surface area contributed by atoms with E-state index in [1.807, 2.05) is 9.97 Å². The fourth-order valence-electron chi connectivity index (χ4n) is 1.35. The average Bonchev–Trinajstić information content (AvgIpc) is 2.37. The summed E-state index contributed by atoms with van der Waals surface area (Å²) in [6.45, 7) is 0. The Kier molecular flexibility index (Phi) is 3.69. The van der Waals surface area contributed by atoms with Crippen molar-refractivity contribution in [3.63, 3.8) is 0 Å². The highest BCUT2D eigenvalue weighted by molar-refractivity contribution is 7.85. The first-order chi connectivity index (χ1) is 9.77. The maximum absolute atomic E-state index is 11.4. The molecule has 3 N–H and O–H groups in total. The molecule has 0 saturated heterocycles. The molecule has 10 nitrogen and oxygen atoms in total. The van der Waals surface area contributed by atoms with Crippen LogP contribution in [0.3, 0.4) is 0 Å². The van der Waals surface area contributed by atoms with Crippen molar-refractivity contribution < 1.29 is 18.1 Å². The summed E-state index contributed by atoms with van der Waals surface area (Å²) in [6, 6.07) is 4.41. The van der Waals surface area contributed by atoms with Crippen molar-refractivity contribution in [2.24, 2.45) is 10.2 Å². The van der Waals surface area contributed by atoms with Crippen LogP contribution in [0.2, 0.25) is 0 Å². The van der Waals surface area contributed by atoms with Crippen molar-refractivity contribution in [1.29, 1.82) is 0 Å². The summed E-state index contributed by atoms with van der Waals surface area (Å²) in [5, 5.41) is 16.4. The molecule has 1 aromatic heterocycles. The number of hydrogen-bond donors (Lipinski definition) is 3. The molecule has 0 aliphatic rings. The molecule has 21 heavy (non-hydrogen) atoms. The number of rotatable bonds is 3. The molecule has 0 aliphatic carbocycles. The summed E-state index contributed by atoms with van der Waals surface area (Å²) in [5.41, 5.74) is -2.23. The third kappa shape index (κ3) is 3.40. The van der Waals surface area contributed by atoms with Gasteiger partial charge in [-0.1, -0.05) is 0 Å². The quantitative estimate of drug-likeness (QED) is 0.536. The molecule has 0 radical (unpaired) electrons. The summed E-state index contributed by atoms with van der Waals surface area (Å²) < 4.78 is 32.2. The second-order valence-electron chi connectivity index (χ2n) is 3.75. The molecule has 0 fully saturated rings. The van der Waals surface area contributed by atoms with Crippen LogP contribution in [0.25, 0.3) is 0 Å². The van der Waals surface area contributed by atoms with Gasteiger partial charge in [0.15, 0.2) is 0 Å². The first-order valence-electron chi connectivity index (χ1n) is 5.30. The Balaban J connectivity index is 2.35. The molecule has 0 bridgehead atoms. The Bertz CT molecular complexity index is 910. The molecule has 0 amide bonds. The van der Waals surface area contributed by atoms with E-state index in [4.69, 9.17) is 0 Å². The van der Waals surface area contributed by atoms with Crippen LogP contribution in [-0.4, -0.2) is 28.0 Å². The number of nitrogens with zero attached hydrogens (tertiary/aromatic N) is 2. The van der Waals surface area contributed by atoms with Crippen LogP contribution < -0.4 is 11.2 Å². The lowest BCUT2D eigenvalue weighted by molar-refractivity contribution is 0.450. The number of azo groups is 1. The molecule has 0 spiro atoms. The molecule has 0 unspecified atom stereocenters. The summed E-state index contributed by atoms with van der Waals surface area (Å²) in [5.74, 6) is -0.758. The first kappa shape index (κ1) is 14.6. The SMILES string of the molecule is O=c1[nH]c(O)c(N=Nc2ccc(S(=O)(=O)[O-])cc2)c(=O)[nH]1. The van der Waals surface area contributed by atoms with Gasteiger partial charge in [-0.15, -0.1) is 5.11 Å². The van der Waals surface area contributed by atoms with Gasteiger partial charge in [-0.05, 0) is 24.3 Å². The van der Waals surface area contributed by atoms with E-state index in [2.05, 4.69) is 10.2 Å². The van der Waals surface area contributed by atoms with Gasteiger partial charge in [0.2, 0.25) is 11.6 Å². The van der Waals surface area contributed by atoms with E-state index in [0.717, 1.165) is 12.1 Å². The van der Waals surface area contributed by atoms with Crippen molar-refractivity contribution in [2.45, 2.75) is 4.90 Å². The van der Waals surface area contributed by atoms with Gasteiger partial charge >= 0.3 is 5.69 Å². The number of aromatic amines is 2. The highest BCUT2D eigenvalue weighted by Gasteiger charge is 2.07. The Morgan fingerprint density at radius 1 is 1.05 bits per heavy atom. The van der Waals surface area contributed by atoms with E-state index in [9.17, 15) is 27.7 Å². The fourth-order valence-corrected chi connectivity index (χ4v) is 1.82. The van der Waals surface area contributed by atoms with Crippen molar-refractivity contribution in [3.05, 3.63) is 45.1 Å². The van der Waals surface area contributed by atoms with Crippen molar-refractivity contribution in [3.8, 4) is 5.88 Å². The highest BCUT2D eigenvalue weighted by atomic mass is 32.2. The minimum atomic E-state index is -4.56. The largest absolute Gasteiger partial charge is 0.744 e. The predicted molar refractivity (Wildman–Crippen MR) is 67.9 cm³/mol. The number of H-pyrrole nitrogens is 2. The van der Waals surface area contributed by atoms with Gasteiger partial charge in [0.1, 0.15) is 10.1 Å². The van der Waals surface area contributed by atoms with Gasteiger partial charge < -0.3 is 9.66 Å². The zero-order valence-corrected chi connectivity index (χ0v) is 10.9. The molecule has 0 saturated carbocycles. The fraction of sp³-hybridized carbons (Fsp3) is 0. The summed E-state index contributed by atoms with van der Waals surface area (Å²) in [6.07, 6.45) is 0. The van der Waals surface area contributed by atoms with Gasteiger partial charge in [0.25, 0.3) is 5.56 Å². The smallest absolute Gasteiger partial charge is 0.328 e. The van der Waals surface area contributed by atoms with E-state index >= 15 is 0 Å². The minimum Gasteiger partial charge on any atom is -0.744 e. The second kappa shape index (κ2) is 5.30. The van der Waals surface area contributed by atoms with Crippen molar-refractivity contribution >= 4 is 21.5 Å². The summed E-state index contributed by atoms with van der Waals surface area (Å²) >= 11 is 0. The Hall–Kier alpha value is -2.79. The summed E-state index contributed by atoms with van der Waals surface area (Å²) in [4.78, 5) is 25.5. The molecular formula is C10H7N4O6S-. The Morgan fingerprint density at radius 2 is 1.67 bits per heavy atom. The molecular weight excluding hydrogens is 304 g/mol. The van der Waals surface area contributed by atoms with Crippen LogP contribution in [-0.2, 0) is 10.1 Å². The van der Waals surface area contributed by atoms with Gasteiger partial charge in [0.05, 0.1) is 10.6 Å². The number of aromatic hydroxyl groups is 1. The lowest BCUT2D eigenvalue weighted by Gasteiger charge is -2.05. The van der Waals surface area contributed by atoms with Crippen LogP contribution in [0.15, 0.2) is 49.0 Å². The molecule has 0 aliphatic heterocycles. The minimum absolute atomic E-state index is 0.132. The summed E-state index contributed by atoms with van der Waals surface area (Å²) in [7, 11) is -4.56. The maximum atomic E-state index is 11.4. The molecule has 1 heterocycles. The second-order valence-corrected chi connectivity index (χ2v) is 5.13. The van der Waals surface area contributed by atoms with Gasteiger partial charge in [-0.3, -0.25) is 14.8 Å². The standard InChI is InChI=1S/C10H8N4O6S/c15-8-7(9(16)12-10(17)11-8)14-13-5-1-3-6(4-2-5)21(18,19)20/h1-4H,(H,18,19,20)(H3,11,12,15,16,17)/p-1. The maximum Gasteiger partial charge on any atom is 0.328 e. The van der Waals surface area contributed by atoms with Crippen LogP contribution in [0.5, 0.6) is 5.88 Å². The normalized spacial score (nSPS) is 11.9. The van der Waals surface area contributed by atoms with Crippen LogP contribution in [0.4, 0.5) is 11.4 Å². The number of hydrogen-bond acceptors (Lipinski definition) is 8. The van der Waals surface area contributed by atoms with Crippen molar-refractivity contribution in [2.75, 3.05) is 0 Å². The van der Waals surface area contributed by atoms with Gasteiger partial charge in [-0.2, -0.15) is 5.11 Å². The van der Waals surface area contributed by atoms with Crippen LogP contribution in [0, 0.1) is 0 Å².